The third-order valence-corrected chi connectivity index (χ3v) is 5.20. The number of aryl methyl sites for hydroxylation is 2. The first-order valence-electron chi connectivity index (χ1n) is 9.16. The molecule has 1 amide bonds. The summed E-state index contributed by atoms with van der Waals surface area (Å²) in [5, 5.41) is 0. The fraction of sp³-hybridized carbons (Fsp3) is 0.273. The number of hydrogen-bond acceptors (Lipinski definition) is 3. The van der Waals surface area contributed by atoms with Gasteiger partial charge in [0, 0.05) is 25.5 Å². The molecule has 1 aliphatic rings. The zero-order chi connectivity index (χ0) is 18.8. The van der Waals surface area contributed by atoms with Crippen LogP contribution in [0, 0.1) is 5.82 Å². The summed E-state index contributed by atoms with van der Waals surface area (Å²) in [6, 6.07) is 14.5. The van der Waals surface area contributed by atoms with Gasteiger partial charge in [-0.2, -0.15) is 0 Å². The van der Waals surface area contributed by atoms with E-state index in [1.54, 1.807) is 18.3 Å². The summed E-state index contributed by atoms with van der Waals surface area (Å²) in [5.41, 5.74) is 3.35. The molecule has 0 fully saturated rings. The first kappa shape index (κ1) is 17.5. The smallest absolute Gasteiger partial charge is 0.223 e. The molecule has 4 rings (SSSR count). The van der Waals surface area contributed by atoms with Crippen LogP contribution in [0.3, 0.4) is 0 Å². The maximum atomic E-state index is 13.0. The van der Waals surface area contributed by atoms with E-state index in [1.165, 1.54) is 23.3 Å². The van der Waals surface area contributed by atoms with Crippen LogP contribution in [-0.2, 0) is 17.6 Å². The molecule has 5 heteroatoms. The van der Waals surface area contributed by atoms with E-state index in [2.05, 4.69) is 17.1 Å². The molecule has 0 N–H and O–H groups in total. The van der Waals surface area contributed by atoms with E-state index in [1.807, 2.05) is 24.1 Å². The lowest BCUT2D eigenvalue weighted by atomic mass is 10.1. The monoisotopic (exact) mass is 364 g/mol. The van der Waals surface area contributed by atoms with E-state index < -0.39 is 0 Å². The second-order valence-electron chi connectivity index (χ2n) is 6.88. The van der Waals surface area contributed by atoms with Crippen molar-refractivity contribution in [2.45, 2.75) is 31.7 Å². The second-order valence-corrected chi connectivity index (χ2v) is 6.88. The Morgan fingerprint density at radius 2 is 2.00 bits per heavy atom. The second kappa shape index (κ2) is 7.35. The van der Waals surface area contributed by atoms with Gasteiger partial charge in [0.1, 0.15) is 5.82 Å². The minimum absolute atomic E-state index is 0.0817. The quantitative estimate of drug-likeness (QED) is 0.667. The number of fused-ring (bicyclic) bond motifs is 1. The van der Waals surface area contributed by atoms with E-state index in [0.717, 1.165) is 18.4 Å². The number of amides is 1. The van der Waals surface area contributed by atoms with Crippen LogP contribution in [0.4, 0.5) is 4.39 Å². The predicted octanol–water partition coefficient (Wildman–Crippen LogP) is 4.56. The summed E-state index contributed by atoms with van der Waals surface area (Å²) in [7, 11) is 1.87. The van der Waals surface area contributed by atoms with Gasteiger partial charge in [0.05, 0.1) is 12.2 Å². The number of rotatable bonds is 5. The Balaban J connectivity index is 1.38. The maximum Gasteiger partial charge on any atom is 0.223 e. The van der Waals surface area contributed by atoms with Gasteiger partial charge in [-0.15, -0.1) is 0 Å². The number of hydrogen-bond donors (Lipinski definition) is 0. The molecule has 27 heavy (non-hydrogen) atoms. The molecule has 138 valence electrons. The lowest BCUT2D eigenvalue weighted by Crippen LogP contribution is -2.30. The summed E-state index contributed by atoms with van der Waals surface area (Å²) < 4.78 is 18.7. The molecule has 0 saturated carbocycles. The van der Waals surface area contributed by atoms with Gasteiger partial charge in [-0.1, -0.05) is 24.3 Å². The van der Waals surface area contributed by atoms with Crippen molar-refractivity contribution in [3.63, 3.8) is 0 Å². The Morgan fingerprint density at radius 3 is 2.81 bits per heavy atom. The Kier molecular flexibility index (Phi) is 4.75. The number of carbonyl (C=O) groups is 1. The molecule has 1 aliphatic carbocycles. The van der Waals surface area contributed by atoms with Crippen LogP contribution < -0.4 is 0 Å². The van der Waals surface area contributed by atoms with Gasteiger partial charge < -0.3 is 9.32 Å². The first-order valence-corrected chi connectivity index (χ1v) is 9.16. The molecular weight excluding hydrogens is 343 g/mol. The van der Waals surface area contributed by atoms with Crippen LogP contribution in [0.1, 0.15) is 35.9 Å². The highest BCUT2D eigenvalue weighted by Crippen LogP contribution is 2.35. The molecule has 1 heterocycles. The van der Waals surface area contributed by atoms with E-state index in [0.29, 0.717) is 24.5 Å². The third kappa shape index (κ3) is 3.63. The lowest BCUT2D eigenvalue weighted by Gasteiger charge is -2.25. The molecule has 1 atom stereocenters. The van der Waals surface area contributed by atoms with Crippen molar-refractivity contribution in [3.8, 4) is 11.3 Å². The average molecular weight is 364 g/mol. The molecule has 4 nitrogen and oxygen atoms in total. The van der Waals surface area contributed by atoms with Crippen LogP contribution in [0.25, 0.3) is 11.3 Å². The number of aromatic nitrogens is 1. The van der Waals surface area contributed by atoms with Crippen molar-refractivity contribution in [3.05, 3.63) is 77.6 Å². The zero-order valence-electron chi connectivity index (χ0n) is 15.2. The van der Waals surface area contributed by atoms with Gasteiger partial charge in [0.2, 0.25) is 5.91 Å². The van der Waals surface area contributed by atoms with Gasteiger partial charge in [-0.3, -0.25) is 4.79 Å². The van der Waals surface area contributed by atoms with Crippen molar-refractivity contribution >= 4 is 5.91 Å². The molecule has 1 unspecified atom stereocenters. The highest BCUT2D eigenvalue weighted by molar-refractivity contribution is 5.76. The number of nitrogens with zero attached hydrogens (tertiary/aromatic N) is 2. The SMILES string of the molecule is CN(C(=O)CCc1ncc(-c2ccc(F)cc2)o1)C1CCc2ccccc21. The summed E-state index contributed by atoms with van der Waals surface area (Å²) >= 11 is 0. The van der Waals surface area contributed by atoms with Crippen molar-refractivity contribution in [2.24, 2.45) is 0 Å². The Labute approximate surface area is 157 Å². The predicted molar refractivity (Wildman–Crippen MR) is 100 cm³/mol. The van der Waals surface area contributed by atoms with Crippen LogP contribution in [0.2, 0.25) is 0 Å². The van der Waals surface area contributed by atoms with E-state index in [4.69, 9.17) is 4.42 Å². The van der Waals surface area contributed by atoms with Gasteiger partial charge in [-0.05, 0) is 48.2 Å². The first-order chi connectivity index (χ1) is 13.1. The number of carbonyl (C=O) groups excluding carboxylic acids is 1. The standard InChI is InChI=1S/C22H21FN2O2/c1-25(19-11-8-15-4-2-3-5-18(15)19)22(26)13-12-21-24-14-20(27-21)16-6-9-17(23)10-7-16/h2-7,9-10,14,19H,8,11-13H2,1H3. The topological polar surface area (TPSA) is 46.3 Å². The van der Waals surface area contributed by atoms with Crippen molar-refractivity contribution in [1.82, 2.24) is 9.88 Å². The van der Waals surface area contributed by atoms with Crippen molar-refractivity contribution < 1.29 is 13.6 Å². The van der Waals surface area contributed by atoms with Crippen molar-refractivity contribution in [1.29, 1.82) is 0 Å². The molecule has 2 aromatic carbocycles. The van der Waals surface area contributed by atoms with Gasteiger partial charge in [0.25, 0.3) is 0 Å². The Hall–Kier alpha value is -2.95. The minimum atomic E-state index is -0.291. The molecule has 0 aliphatic heterocycles. The summed E-state index contributed by atoms with van der Waals surface area (Å²) in [6.45, 7) is 0. The molecule has 0 spiro atoms. The fourth-order valence-corrected chi connectivity index (χ4v) is 3.67. The average Bonchev–Trinajstić information content (AvgIpc) is 3.33. The minimum Gasteiger partial charge on any atom is -0.441 e. The van der Waals surface area contributed by atoms with Crippen LogP contribution >= 0.6 is 0 Å². The zero-order valence-corrected chi connectivity index (χ0v) is 15.2. The summed E-state index contributed by atoms with van der Waals surface area (Å²) in [6.07, 6.45) is 4.38. The number of halogens is 1. The van der Waals surface area contributed by atoms with E-state index >= 15 is 0 Å². The van der Waals surface area contributed by atoms with Gasteiger partial charge in [0.15, 0.2) is 11.7 Å². The summed E-state index contributed by atoms with van der Waals surface area (Å²) in [4.78, 5) is 18.7. The molecule has 0 bridgehead atoms. The molecular formula is C22H21FN2O2. The van der Waals surface area contributed by atoms with Crippen LogP contribution in [-0.4, -0.2) is 22.8 Å². The van der Waals surface area contributed by atoms with Crippen LogP contribution in [0.5, 0.6) is 0 Å². The van der Waals surface area contributed by atoms with Crippen molar-refractivity contribution in [2.75, 3.05) is 7.05 Å². The van der Waals surface area contributed by atoms with E-state index in [-0.39, 0.29) is 17.8 Å². The Morgan fingerprint density at radius 1 is 1.22 bits per heavy atom. The highest BCUT2D eigenvalue weighted by Gasteiger charge is 2.28. The highest BCUT2D eigenvalue weighted by atomic mass is 19.1. The normalized spacial score (nSPS) is 15.6. The third-order valence-electron chi connectivity index (χ3n) is 5.20. The number of benzene rings is 2. The van der Waals surface area contributed by atoms with Crippen LogP contribution in [0.15, 0.2) is 59.1 Å². The molecule has 0 saturated heterocycles. The molecule has 1 aromatic heterocycles. The van der Waals surface area contributed by atoms with E-state index in [9.17, 15) is 9.18 Å². The largest absolute Gasteiger partial charge is 0.441 e. The maximum absolute atomic E-state index is 13.0. The van der Waals surface area contributed by atoms with Gasteiger partial charge >= 0.3 is 0 Å². The summed E-state index contributed by atoms with van der Waals surface area (Å²) in [5.74, 6) is 0.886. The molecule has 3 aromatic rings. The Bertz CT molecular complexity index is 949. The van der Waals surface area contributed by atoms with Gasteiger partial charge in [-0.25, -0.2) is 9.37 Å². The molecule has 0 radical (unpaired) electrons. The lowest BCUT2D eigenvalue weighted by molar-refractivity contribution is -0.132. The number of oxazole rings is 1. The fourth-order valence-electron chi connectivity index (χ4n) is 3.67.